The number of nitrogens with two attached hydrogens (primary N) is 2. The molecule has 2 aliphatic carbocycles. The summed E-state index contributed by atoms with van der Waals surface area (Å²) in [4.78, 5) is 0. The highest BCUT2D eigenvalue weighted by Crippen LogP contribution is 2.54. The van der Waals surface area contributed by atoms with Crippen molar-refractivity contribution < 1.29 is 43.9 Å². The summed E-state index contributed by atoms with van der Waals surface area (Å²) >= 11 is 0. The summed E-state index contributed by atoms with van der Waals surface area (Å²) in [6.45, 7) is 0. The first-order valence-electron chi connectivity index (χ1n) is 14.1. The number of nitrogens with zero attached hydrogens (tertiary/aromatic N) is 1. The van der Waals surface area contributed by atoms with E-state index in [0.29, 0.717) is 33.4 Å². The lowest BCUT2D eigenvalue weighted by molar-refractivity contribution is 0.381. The molecule has 5 aromatic carbocycles. The van der Waals surface area contributed by atoms with Gasteiger partial charge in [0.25, 0.3) is 0 Å². The Hall–Kier alpha value is -6.47. The zero-order chi connectivity index (χ0) is 36.1. The Morgan fingerprint density at radius 2 is 0.760 bits per heavy atom. The van der Waals surface area contributed by atoms with E-state index in [2.05, 4.69) is 5.92 Å². The maximum atomic E-state index is 14.8. The Balaban J connectivity index is 1.46. The summed E-state index contributed by atoms with van der Waals surface area (Å²) in [5.74, 6) is -19.3. The summed E-state index contributed by atoms with van der Waals surface area (Å²) in [5.41, 5.74) is 11.1. The molecule has 0 saturated heterocycles. The molecule has 2 aliphatic rings. The minimum atomic E-state index is -2.34. The molecule has 0 unspecified atom stereocenters. The fourth-order valence-electron chi connectivity index (χ4n) is 6.46. The van der Waals surface area contributed by atoms with Crippen LogP contribution >= 0.6 is 0 Å². The van der Waals surface area contributed by atoms with Crippen molar-refractivity contribution in [1.82, 2.24) is 0 Å². The van der Waals surface area contributed by atoms with Gasteiger partial charge in [-0.2, -0.15) is 5.26 Å². The lowest BCUT2D eigenvalue weighted by atomic mass is 9.95. The topological polar surface area (TPSA) is 75.8 Å². The van der Waals surface area contributed by atoms with E-state index in [9.17, 15) is 49.2 Å². The molecule has 0 radical (unpaired) electrons. The summed E-state index contributed by atoms with van der Waals surface area (Å²) < 4.78 is 143. The fraction of sp³-hybridized carbons (Fsp3) is 0. The van der Waals surface area contributed by atoms with Crippen molar-refractivity contribution in [3.63, 3.8) is 0 Å². The van der Waals surface area contributed by atoms with Gasteiger partial charge in [-0.25, -0.2) is 43.9 Å². The van der Waals surface area contributed by atoms with Crippen molar-refractivity contribution in [3.8, 4) is 62.9 Å². The molecule has 0 fully saturated rings. The first-order valence-corrected chi connectivity index (χ1v) is 14.1. The molecule has 246 valence electrons. The third-order valence-electron chi connectivity index (χ3n) is 8.67. The van der Waals surface area contributed by atoms with Crippen molar-refractivity contribution in [1.29, 1.82) is 5.26 Å². The second-order valence-corrected chi connectivity index (χ2v) is 11.2. The van der Waals surface area contributed by atoms with Crippen molar-refractivity contribution in [3.05, 3.63) is 140 Å². The lowest BCUT2D eigenvalue weighted by Gasteiger charge is -2.11. The molecule has 0 spiro atoms. The molecule has 0 amide bonds. The predicted octanol–water partition coefficient (Wildman–Crippen LogP) is 8.97. The van der Waals surface area contributed by atoms with Gasteiger partial charge >= 0.3 is 0 Å². The number of halogens is 10. The van der Waals surface area contributed by atoms with Gasteiger partial charge in [0.1, 0.15) is 11.8 Å². The van der Waals surface area contributed by atoms with Gasteiger partial charge < -0.3 is 11.5 Å². The molecule has 0 aromatic heterocycles. The van der Waals surface area contributed by atoms with Gasteiger partial charge in [0, 0.05) is 11.1 Å². The molecular formula is C37H13F10N3. The second-order valence-electron chi connectivity index (χ2n) is 11.2. The highest BCUT2D eigenvalue weighted by atomic mass is 19.2. The summed E-state index contributed by atoms with van der Waals surface area (Å²) in [6, 6.07) is 12.1. The van der Waals surface area contributed by atoms with Crippen LogP contribution in [0.4, 0.5) is 43.9 Å². The number of hydrogen-bond acceptors (Lipinski definition) is 3. The molecule has 0 bridgehead atoms. The molecule has 0 heterocycles. The predicted molar refractivity (Wildman–Crippen MR) is 163 cm³/mol. The third kappa shape index (κ3) is 4.19. The largest absolute Gasteiger partial charge is 0.391 e. The van der Waals surface area contributed by atoms with Crippen LogP contribution in [0.25, 0.3) is 55.7 Å². The molecule has 7 rings (SSSR count). The maximum absolute atomic E-state index is 14.8. The number of nitriles is 1. The molecule has 5 aromatic rings. The highest BCUT2D eigenvalue weighted by Gasteiger charge is 2.35. The van der Waals surface area contributed by atoms with Gasteiger partial charge in [-0.3, -0.25) is 0 Å². The van der Waals surface area contributed by atoms with E-state index in [1.165, 1.54) is 12.1 Å². The minimum absolute atomic E-state index is 0.0490. The Morgan fingerprint density at radius 3 is 1.10 bits per heavy atom. The molecule has 13 heteroatoms. The molecule has 0 atom stereocenters. The van der Waals surface area contributed by atoms with E-state index in [1.807, 2.05) is 0 Å². The Kier molecular flexibility index (Phi) is 7.08. The SMILES string of the molecule is C#C/C(N)=C1\c2cc(-c3c(F)c(F)c(F)c(F)c3F)ccc2-c2cc3c(cc21)-c1ccc(-c2c(F)c(F)c(F)c(F)c2F)cc1/C3=C(/N)C#N. The van der Waals surface area contributed by atoms with Crippen LogP contribution in [0.1, 0.15) is 22.3 Å². The van der Waals surface area contributed by atoms with Crippen LogP contribution < -0.4 is 11.5 Å². The minimum Gasteiger partial charge on any atom is -0.391 e. The van der Waals surface area contributed by atoms with Crippen LogP contribution in [-0.4, -0.2) is 0 Å². The zero-order valence-electron chi connectivity index (χ0n) is 24.6. The van der Waals surface area contributed by atoms with E-state index in [0.717, 1.165) is 24.3 Å². The van der Waals surface area contributed by atoms with Gasteiger partial charge in [-0.15, -0.1) is 6.42 Å². The van der Waals surface area contributed by atoms with E-state index < -0.39 is 74.9 Å². The number of hydrogen-bond donors (Lipinski definition) is 2. The first kappa shape index (κ1) is 32.1. The summed E-state index contributed by atoms with van der Waals surface area (Å²) in [6.07, 6.45) is 5.62. The number of terminal acetylenes is 1. The number of fused-ring (bicyclic) bond motifs is 6. The van der Waals surface area contributed by atoms with Gasteiger partial charge in [0.05, 0.1) is 16.8 Å². The van der Waals surface area contributed by atoms with Crippen LogP contribution in [0.5, 0.6) is 0 Å². The standard InChI is InChI=1S/C37H13F10N3/c1-2-22(49)26-18-7-12(24-28(38)32(42)36(46)33(43)29(24)39)3-5-14(18)16-10-21-17(9-20(16)26)15-6-4-13(8-19(15)27(21)23(50)11-48)25-30(40)34(44)37(47)35(45)31(25)41/h1,3-10H,49-50H2/b26-22-,27-23-. The van der Waals surface area contributed by atoms with Crippen LogP contribution in [0.3, 0.4) is 0 Å². The quantitative estimate of drug-likeness (QED) is 0.0626. The van der Waals surface area contributed by atoms with Crippen LogP contribution in [0.2, 0.25) is 0 Å². The first-order chi connectivity index (χ1) is 23.7. The third-order valence-corrected chi connectivity index (χ3v) is 8.67. The molecule has 3 nitrogen and oxygen atoms in total. The van der Waals surface area contributed by atoms with Gasteiger partial charge in [0.15, 0.2) is 46.5 Å². The Bertz CT molecular complexity index is 2350. The smallest absolute Gasteiger partial charge is 0.200 e. The second kappa shape index (κ2) is 11.0. The average Bonchev–Trinajstić information content (AvgIpc) is 3.61. The van der Waals surface area contributed by atoms with Gasteiger partial charge in [-0.05, 0) is 79.9 Å². The Labute approximate surface area is 275 Å². The Morgan fingerprint density at radius 1 is 0.440 bits per heavy atom. The van der Waals surface area contributed by atoms with Crippen LogP contribution in [0.15, 0.2) is 59.9 Å². The molecular weight excluding hydrogens is 676 g/mol. The summed E-state index contributed by atoms with van der Waals surface area (Å²) in [5, 5.41) is 9.78. The maximum Gasteiger partial charge on any atom is 0.200 e. The summed E-state index contributed by atoms with van der Waals surface area (Å²) in [7, 11) is 0. The number of allylic oxidation sites excluding steroid dienone is 2. The molecule has 0 saturated carbocycles. The fourth-order valence-corrected chi connectivity index (χ4v) is 6.46. The molecule has 0 aliphatic heterocycles. The zero-order valence-corrected chi connectivity index (χ0v) is 24.6. The normalized spacial score (nSPS) is 14.4. The highest BCUT2D eigenvalue weighted by molar-refractivity contribution is 6.11. The van der Waals surface area contributed by atoms with Crippen LogP contribution in [0, 0.1) is 81.8 Å². The van der Waals surface area contributed by atoms with Crippen molar-refractivity contribution in [2.75, 3.05) is 0 Å². The lowest BCUT2D eigenvalue weighted by Crippen LogP contribution is -2.04. The average molecular weight is 690 g/mol. The van der Waals surface area contributed by atoms with E-state index >= 15 is 0 Å². The van der Waals surface area contributed by atoms with Gasteiger partial charge in [-0.1, -0.05) is 30.2 Å². The molecule has 4 N–H and O–H groups in total. The number of rotatable bonds is 2. The van der Waals surface area contributed by atoms with E-state index in [-0.39, 0.29) is 39.2 Å². The van der Waals surface area contributed by atoms with Crippen molar-refractivity contribution in [2.45, 2.75) is 0 Å². The van der Waals surface area contributed by atoms with Crippen molar-refractivity contribution in [2.24, 2.45) is 11.5 Å². The number of benzene rings is 5. The van der Waals surface area contributed by atoms with Crippen LogP contribution in [-0.2, 0) is 0 Å². The van der Waals surface area contributed by atoms with E-state index in [1.54, 1.807) is 18.2 Å². The van der Waals surface area contributed by atoms with E-state index in [4.69, 9.17) is 17.9 Å². The molecule has 50 heavy (non-hydrogen) atoms. The monoisotopic (exact) mass is 689 g/mol. The van der Waals surface area contributed by atoms with Crippen molar-refractivity contribution >= 4 is 11.1 Å². The van der Waals surface area contributed by atoms with Gasteiger partial charge in [0.2, 0.25) is 11.6 Å².